The number of ether oxygens (including phenoxy) is 1. The minimum absolute atomic E-state index is 0. The van der Waals surface area contributed by atoms with Crippen LogP contribution in [0.15, 0.2) is 48.5 Å². The number of carbonyl (C=O) groups is 1. The molecule has 0 amide bonds. The molecular weight excluding hydrogens is 475 g/mol. The number of esters is 1. The molecule has 2 saturated carbocycles. The van der Waals surface area contributed by atoms with Crippen molar-refractivity contribution in [2.45, 2.75) is 50.4 Å². The predicted molar refractivity (Wildman–Crippen MR) is 122 cm³/mol. The standard InChI is InChI=1S/C25H29NO3.C2H5.Y/c1-26(2,3)22-15-18-12-13-19(22)23(18)29-24(27)25(28)20-10-6-4-8-16(20)14-17-9-5-7-11-21(17)25;1-2;/h4-11,18-19,22-23,28H,1,12-15H2,2-3H3;1H2,2H3;/q;-1;. The van der Waals surface area contributed by atoms with E-state index in [-0.39, 0.29) is 38.8 Å². The zero-order chi connectivity index (χ0) is 22.4. The average Bonchev–Trinajstić information content (AvgIpc) is 3.32. The van der Waals surface area contributed by atoms with E-state index in [1.807, 2.05) is 48.5 Å². The Morgan fingerprint density at radius 3 is 2.06 bits per heavy atom. The van der Waals surface area contributed by atoms with Crippen LogP contribution in [0, 0.1) is 25.8 Å². The molecule has 169 valence electrons. The second-order valence-corrected chi connectivity index (χ2v) is 9.65. The number of nitrogens with zero attached hydrogens (tertiary/aromatic N) is 1. The minimum atomic E-state index is -1.75. The molecule has 3 aliphatic carbocycles. The first-order chi connectivity index (χ1) is 14.8. The maximum Gasteiger partial charge on any atom is 0.348 e. The Morgan fingerprint density at radius 2 is 1.56 bits per heavy atom. The van der Waals surface area contributed by atoms with E-state index in [2.05, 4.69) is 28.1 Å². The molecule has 4 nitrogen and oxygen atoms in total. The molecule has 4 atom stereocenters. The van der Waals surface area contributed by atoms with Gasteiger partial charge in [0.2, 0.25) is 5.60 Å². The fraction of sp³-hybridized carbons (Fsp3) is 0.444. The molecule has 2 bridgehead atoms. The van der Waals surface area contributed by atoms with Gasteiger partial charge in [0.05, 0.1) is 6.04 Å². The quantitative estimate of drug-likeness (QED) is 0.383. The Labute approximate surface area is 217 Å². The number of benzene rings is 2. The zero-order valence-electron chi connectivity index (χ0n) is 19.5. The third kappa shape index (κ3) is 4.13. The van der Waals surface area contributed by atoms with Crippen LogP contribution in [0.1, 0.15) is 48.4 Å². The summed E-state index contributed by atoms with van der Waals surface area (Å²) in [6.45, 7) is 5.00. The second kappa shape index (κ2) is 9.66. The number of carbonyl (C=O) groups excluding carboxylic acids is 1. The number of fused-ring (bicyclic) bond motifs is 4. The summed E-state index contributed by atoms with van der Waals surface area (Å²) >= 11 is 0. The third-order valence-electron chi connectivity index (χ3n) is 7.43. The molecule has 32 heavy (non-hydrogen) atoms. The molecule has 1 radical (unpaired) electrons. The normalized spacial score (nSPS) is 26.7. The molecule has 0 spiro atoms. The Kier molecular flexibility index (Phi) is 7.71. The van der Waals surface area contributed by atoms with Gasteiger partial charge in [-0.15, -0.1) is 7.05 Å². The van der Waals surface area contributed by atoms with E-state index >= 15 is 0 Å². The molecular formula is C27H34NO3Y-. The summed E-state index contributed by atoms with van der Waals surface area (Å²) < 4.78 is 6.80. The van der Waals surface area contributed by atoms with Gasteiger partial charge in [-0.25, -0.2) is 4.79 Å². The first-order valence-electron chi connectivity index (χ1n) is 11.3. The van der Waals surface area contributed by atoms with Crippen LogP contribution in [0.3, 0.4) is 0 Å². The van der Waals surface area contributed by atoms with Gasteiger partial charge in [0, 0.05) is 76.2 Å². The van der Waals surface area contributed by atoms with Crippen molar-refractivity contribution in [1.29, 1.82) is 0 Å². The fourth-order valence-corrected chi connectivity index (χ4v) is 6.05. The minimum Gasteiger partial charge on any atom is -0.459 e. The Bertz CT molecular complexity index is 922. The van der Waals surface area contributed by atoms with Gasteiger partial charge in [0.25, 0.3) is 0 Å². The molecule has 2 aromatic carbocycles. The van der Waals surface area contributed by atoms with Gasteiger partial charge < -0.3 is 21.3 Å². The fourth-order valence-electron chi connectivity index (χ4n) is 6.05. The zero-order valence-corrected chi connectivity index (χ0v) is 22.3. The Morgan fingerprint density at radius 1 is 1.03 bits per heavy atom. The van der Waals surface area contributed by atoms with Crippen LogP contribution in [0.4, 0.5) is 0 Å². The van der Waals surface area contributed by atoms with Crippen LogP contribution in [0.25, 0.3) is 0 Å². The van der Waals surface area contributed by atoms with Crippen molar-refractivity contribution in [3.05, 3.63) is 84.8 Å². The summed E-state index contributed by atoms with van der Waals surface area (Å²) in [5.41, 5.74) is 1.51. The molecule has 0 aliphatic heterocycles. The van der Waals surface area contributed by atoms with E-state index in [4.69, 9.17) is 4.74 Å². The Hall–Kier alpha value is -1.07. The van der Waals surface area contributed by atoms with Crippen LogP contribution < -0.4 is 0 Å². The van der Waals surface area contributed by atoms with Crippen molar-refractivity contribution in [1.82, 2.24) is 0 Å². The van der Waals surface area contributed by atoms with E-state index in [0.29, 0.717) is 39.9 Å². The molecule has 1 N–H and O–H groups in total. The molecule has 2 fully saturated rings. The summed E-state index contributed by atoms with van der Waals surface area (Å²) in [6.07, 6.45) is 3.77. The molecule has 5 heteroatoms. The predicted octanol–water partition coefficient (Wildman–Crippen LogP) is 4.24. The van der Waals surface area contributed by atoms with Crippen LogP contribution >= 0.6 is 0 Å². The summed E-state index contributed by atoms with van der Waals surface area (Å²) in [5, 5.41) is 11.8. The number of rotatable bonds is 3. The topological polar surface area (TPSA) is 46.5 Å². The first kappa shape index (κ1) is 25.6. The van der Waals surface area contributed by atoms with Crippen molar-refractivity contribution in [2.24, 2.45) is 11.8 Å². The van der Waals surface area contributed by atoms with Crippen molar-refractivity contribution >= 4 is 5.97 Å². The summed E-state index contributed by atoms with van der Waals surface area (Å²) in [5.74, 6) is 0.147. The first-order valence-corrected chi connectivity index (χ1v) is 11.3. The molecule has 3 aliphatic rings. The van der Waals surface area contributed by atoms with E-state index in [0.717, 1.165) is 30.4 Å². The molecule has 0 saturated heterocycles. The van der Waals surface area contributed by atoms with Crippen LogP contribution in [0.5, 0.6) is 0 Å². The maximum atomic E-state index is 13.6. The monoisotopic (exact) mass is 509 g/mol. The number of hydrogen-bond donors (Lipinski definition) is 1. The van der Waals surface area contributed by atoms with Crippen LogP contribution in [-0.2, 0) is 54.3 Å². The van der Waals surface area contributed by atoms with Gasteiger partial charge in [0.15, 0.2) is 0 Å². The number of quaternary nitrogens is 1. The molecule has 2 aromatic rings. The Balaban J connectivity index is 0.000000938. The van der Waals surface area contributed by atoms with E-state index in [9.17, 15) is 9.90 Å². The number of hydrogen-bond acceptors (Lipinski definition) is 3. The average molecular weight is 509 g/mol. The van der Waals surface area contributed by atoms with Crippen LogP contribution in [0.2, 0.25) is 0 Å². The largest absolute Gasteiger partial charge is 0.459 e. The smallest absolute Gasteiger partial charge is 0.348 e. The molecule has 0 aromatic heterocycles. The molecule has 0 heterocycles. The van der Waals surface area contributed by atoms with Crippen molar-refractivity contribution in [3.63, 3.8) is 0 Å². The van der Waals surface area contributed by atoms with Gasteiger partial charge in [0.1, 0.15) is 6.10 Å². The van der Waals surface area contributed by atoms with Crippen LogP contribution in [-0.4, -0.2) is 41.8 Å². The SMILES string of the molecule is [CH2-]C.[CH2-][N+](C)(C)C1CC2CCC1C2OC(=O)C1(O)c2ccccc2Cc2ccccc21.[Y]. The van der Waals surface area contributed by atoms with Gasteiger partial charge in [-0.1, -0.05) is 48.5 Å². The van der Waals surface area contributed by atoms with Crippen molar-refractivity contribution in [3.8, 4) is 0 Å². The molecule has 5 rings (SSSR count). The van der Waals surface area contributed by atoms with Crippen molar-refractivity contribution in [2.75, 3.05) is 14.1 Å². The van der Waals surface area contributed by atoms with E-state index < -0.39 is 11.6 Å². The van der Waals surface area contributed by atoms with E-state index in [1.165, 1.54) is 0 Å². The van der Waals surface area contributed by atoms with Gasteiger partial charge in [-0.05, 0) is 30.4 Å². The van der Waals surface area contributed by atoms with Gasteiger partial charge in [-0.2, -0.15) is 6.92 Å². The van der Waals surface area contributed by atoms with E-state index in [1.54, 1.807) is 6.92 Å². The third-order valence-corrected chi connectivity index (χ3v) is 7.43. The maximum absolute atomic E-state index is 13.6. The summed E-state index contributed by atoms with van der Waals surface area (Å²) in [6, 6.07) is 15.7. The van der Waals surface area contributed by atoms with Gasteiger partial charge in [-0.3, -0.25) is 0 Å². The van der Waals surface area contributed by atoms with Crippen molar-refractivity contribution < 1.29 is 51.8 Å². The van der Waals surface area contributed by atoms with Gasteiger partial charge >= 0.3 is 5.97 Å². The summed E-state index contributed by atoms with van der Waals surface area (Å²) in [4.78, 5) is 13.6. The molecule has 4 unspecified atom stereocenters. The number of aliphatic hydroxyl groups is 1. The summed E-state index contributed by atoms with van der Waals surface area (Å²) in [7, 11) is 8.53. The second-order valence-electron chi connectivity index (χ2n) is 9.65.